The molecule has 0 bridgehead atoms. The second-order valence-electron chi connectivity index (χ2n) is 5.08. The molecule has 2 rings (SSSR count). The smallest absolute Gasteiger partial charge is 0.247 e. The molecule has 0 saturated carbocycles. The molecule has 0 fully saturated rings. The van der Waals surface area contributed by atoms with Crippen molar-refractivity contribution in [1.29, 1.82) is 0 Å². The molecule has 1 aromatic heterocycles. The Hall–Kier alpha value is -1.72. The monoisotopic (exact) mass is 289 g/mol. The summed E-state index contributed by atoms with van der Waals surface area (Å²) in [4.78, 5) is 19.5. The van der Waals surface area contributed by atoms with E-state index in [1.165, 1.54) is 0 Å². The van der Waals surface area contributed by atoms with Crippen LogP contribution in [0.5, 0.6) is 0 Å². The zero-order valence-electron chi connectivity index (χ0n) is 12.0. The third-order valence-corrected chi connectivity index (χ3v) is 4.12. The summed E-state index contributed by atoms with van der Waals surface area (Å²) in [6.45, 7) is 4.23. The zero-order valence-corrected chi connectivity index (χ0v) is 12.8. The normalized spacial score (nSPS) is 13.8. The van der Waals surface area contributed by atoms with E-state index in [2.05, 4.69) is 4.98 Å². The van der Waals surface area contributed by atoms with Crippen molar-refractivity contribution < 1.29 is 4.79 Å². The van der Waals surface area contributed by atoms with E-state index < -0.39 is 5.54 Å². The van der Waals surface area contributed by atoms with Gasteiger partial charge in [0.05, 0.1) is 11.6 Å². The molecule has 0 saturated heterocycles. The molecule has 0 aliphatic heterocycles. The summed E-state index contributed by atoms with van der Waals surface area (Å²) in [6.07, 6.45) is 1.81. The van der Waals surface area contributed by atoms with E-state index in [0.717, 1.165) is 15.4 Å². The van der Waals surface area contributed by atoms with E-state index in [1.54, 1.807) is 36.4 Å². The van der Waals surface area contributed by atoms with E-state index >= 15 is 0 Å². The Labute approximate surface area is 123 Å². The van der Waals surface area contributed by atoms with Crippen molar-refractivity contribution >= 4 is 17.2 Å². The van der Waals surface area contributed by atoms with Gasteiger partial charge < -0.3 is 10.6 Å². The minimum atomic E-state index is -1.02. The van der Waals surface area contributed by atoms with Gasteiger partial charge in [0.2, 0.25) is 5.91 Å². The molecule has 5 heteroatoms. The first kappa shape index (κ1) is 14.7. The van der Waals surface area contributed by atoms with Crippen molar-refractivity contribution in [1.82, 2.24) is 9.88 Å². The van der Waals surface area contributed by atoms with E-state index in [0.29, 0.717) is 6.54 Å². The van der Waals surface area contributed by atoms with E-state index in [4.69, 9.17) is 5.73 Å². The number of hydrogen-bond acceptors (Lipinski definition) is 4. The average molecular weight is 289 g/mol. The maximum Gasteiger partial charge on any atom is 0.247 e. The van der Waals surface area contributed by atoms with Crippen LogP contribution in [0.15, 0.2) is 36.5 Å². The minimum absolute atomic E-state index is 0.102. The van der Waals surface area contributed by atoms with Gasteiger partial charge in [-0.1, -0.05) is 30.3 Å². The Kier molecular flexibility index (Phi) is 4.20. The number of aryl methyl sites for hydroxylation is 1. The van der Waals surface area contributed by atoms with Gasteiger partial charge in [-0.25, -0.2) is 4.98 Å². The highest BCUT2D eigenvalue weighted by atomic mass is 32.1. The number of amides is 1. The third-order valence-electron chi connectivity index (χ3n) is 3.23. The molecule has 1 heterocycles. The minimum Gasteiger partial charge on any atom is -0.339 e. The molecule has 1 amide bonds. The number of nitrogens with two attached hydrogens (primary N) is 1. The molecule has 1 unspecified atom stereocenters. The molecule has 0 aliphatic carbocycles. The Bertz CT molecular complexity index is 592. The Morgan fingerprint density at radius 3 is 2.60 bits per heavy atom. The van der Waals surface area contributed by atoms with Crippen LogP contribution in [0.25, 0.3) is 0 Å². The van der Waals surface area contributed by atoms with E-state index in [-0.39, 0.29) is 5.91 Å². The molecule has 2 N–H and O–H groups in total. The lowest BCUT2D eigenvalue weighted by Crippen LogP contribution is -2.49. The number of benzene rings is 1. The second-order valence-corrected chi connectivity index (χ2v) is 6.39. The highest BCUT2D eigenvalue weighted by molar-refractivity contribution is 7.11. The van der Waals surface area contributed by atoms with Crippen LogP contribution in [0, 0.1) is 6.92 Å². The quantitative estimate of drug-likeness (QED) is 0.939. The largest absolute Gasteiger partial charge is 0.339 e. The molecular weight excluding hydrogens is 270 g/mol. The molecular formula is C15H19N3OS. The summed E-state index contributed by atoms with van der Waals surface area (Å²) >= 11 is 1.59. The molecule has 4 nitrogen and oxygen atoms in total. The van der Waals surface area contributed by atoms with Crippen LogP contribution in [0.3, 0.4) is 0 Å². The number of likely N-dealkylation sites (N-methyl/N-ethyl adjacent to an activating group) is 1. The van der Waals surface area contributed by atoms with Gasteiger partial charge in [-0.3, -0.25) is 4.79 Å². The van der Waals surface area contributed by atoms with Gasteiger partial charge in [-0.15, -0.1) is 11.3 Å². The van der Waals surface area contributed by atoms with Crippen molar-refractivity contribution in [2.24, 2.45) is 5.73 Å². The lowest BCUT2D eigenvalue weighted by atomic mass is 9.92. The van der Waals surface area contributed by atoms with E-state index in [9.17, 15) is 4.79 Å². The van der Waals surface area contributed by atoms with Crippen molar-refractivity contribution in [3.8, 4) is 0 Å². The maximum atomic E-state index is 12.6. The molecule has 0 spiro atoms. The van der Waals surface area contributed by atoms with Crippen molar-refractivity contribution in [2.45, 2.75) is 25.9 Å². The number of carbonyl (C=O) groups is 1. The SMILES string of the molecule is Cc1ncc(CN(C)C(=O)C(C)(N)c2ccccc2)s1. The highest BCUT2D eigenvalue weighted by Crippen LogP contribution is 2.21. The molecule has 1 aromatic carbocycles. The second kappa shape index (κ2) is 5.73. The summed E-state index contributed by atoms with van der Waals surface area (Å²) in [5.41, 5.74) is 6.04. The molecule has 1 atom stereocenters. The number of carbonyl (C=O) groups excluding carboxylic acids is 1. The Morgan fingerprint density at radius 2 is 2.05 bits per heavy atom. The van der Waals surface area contributed by atoms with Gasteiger partial charge in [-0.2, -0.15) is 0 Å². The van der Waals surface area contributed by atoms with E-state index in [1.807, 2.05) is 37.3 Å². The number of nitrogens with zero attached hydrogens (tertiary/aromatic N) is 2. The zero-order chi connectivity index (χ0) is 14.8. The lowest BCUT2D eigenvalue weighted by molar-refractivity contribution is -0.135. The molecule has 106 valence electrons. The summed E-state index contributed by atoms with van der Waals surface area (Å²) in [5.74, 6) is -0.102. The average Bonchev–Trinajstić information content (AvgIpc) is 2.84. The Morgan fingerprint density at radius 1 is 1.40 bits per heavy atom. The fourth-order valence-corrected chi connectivity index (χ4v) is 2.94. The number of aromatic nitrogens is 1. The van der Waals surface area contributed by atoms with Gasteiger partial charge in [-0.05, 0) is 19.4 Å². The van der Waals surface area contributed by atoms with Crippen LogP contribution < -0.4 is 5.73 Å². The number of hydrogen-bond donors (Lipinski definition) is 1. The van der Waals surface area contributed by atoms with Crippen LogP contribution in [0.1, 0.15) is 22.4 Å². The molecule has 0 radical (unpaired) electrons. The van der Waals surface area contributed by atoms with Crippen LogP contribution >= 0.6 is 11.3 Å². The van der Waals surface area contributed by atoms with Crippen LogP contribution in [0.2, 0.25) is 0 Å². The first-order chi connectivity index (χ1) is 9.41. The first-order valence-electron chi connectivity index (χ1n) is 6.42. The van der Waals surface area contributed by atoms with Crippen molar-refractivity contribution in [3.63, 3.8) is 0 Å². The van der Waals surface area contributed by atoms with Crippen LogP contribution in [-0.2, 0) is 16.9 Å². The number of rotatable bonds is 4. The molecule has 20 heavy (non-hydrogen) atoms. The summed E-state index contributed by atoms with van der Waals surface area (Å²) < 4.78 is 0. The first-order valence-corrected chi connectivity index (χ1v) is 7.24. The Balaban J connectivity index is 2.13. The third kappa shape index (κ3) is 3.05. The summed E-state index contributed by atoms with van der Waals surface area (Å²) in [5, 5.41) is 0.999. The summed E-state index contributed by atoms with van der Waals surface area (Å²) in [6, 6.07) is 9.44. The highest BCUT2D eigenvalue weighted by Gasteiger charge is 2.33. The van der Waals surface area contributed by atoms with Gasteiger partial charge >= 0.3 is 0 Å². The predicted molar refractivity (Wildman–Crippen MR) is 81.3 cm³/mol. The van der Waals surface area contributed by atoms with Gasteiger partial charge in [0, 0.05) is 18.1 Å². The fraction of sp³-hybridized carbons (Fsp3) is 0.333. The topological polar surface area (TPSA) is 59.2 Å². The molecule has 0 aliphatic rings. The van der Waals surface area contributed by atoms with Crippen molar-refractivity contribution in [2.75, 3.05) is 7.05 Å². The van der Waals surface area contributed by atoms with Crippen LogP contribution in [-0.4, -0.2) is 22.8 Å². The maximum absolute atomic E-state index is 12.6. The number of thiazole rings is 1. The van der Waals surface area contributed by atoms with Crippen LogP contribution in [0.4, 0.5) is 0 Å². The van der Waals surface area contributed by atoms with Gasteiger partial charge in [0.15, 0.2) is 0 Å². The predicted octanol–water partition coefficient (Wildman–Crippen LogP) is 2.28. The van der Waals surface area contributed by atoms with Gasteiger partial charge in [0.1, 0.15) is 5.54 Å². The van der Waals surface area contributed by atoms with Gasteiger partial charge in [0.25, 0.3) is 0 Å². The fourth-order valence-electron chi connectivity index (χ4n) is 2.09. The lowest BCUT2D eigenvalue weighted by Gasteiger charge is -2.29. The summed E-state index contributed by atoms with van der Waals surface area (Å²) in [7, 11) is 1.77. The van der Waals surface area contributed by atoms with Crippen molar-refractivity contribution in [3.05, 3.63) is 52.0 Å². The molecule has 2 aromatic rings. The standard InChI is InChI=1S/C15H19N3OS/c1-11-17-9-13(20-11)10-18(3)14(19)15(2,16)12-7-5-4-6-8-12/h4-9H,10,16H2,1-3H3.